The molecule has 0 spiro atoms. The molecule has 0 atom stereocenters. The van der Waals surface area contributed by atoms with Crippen LogP contribution in [0.4, 0.5) is 11.4 Å². The molecule has 2 amide bonds. The maximum absolute atomic E-state index is 13.0. The van der Waals surface area contributed by atoms with Crippen molar-refractivity contribution in [1.29, 1.82) is 0 Å². The van der Waals surface area contributed by atoms with Gasteiger partial charge in [-0.1, -0.05) is 26.0 Å². The fourth-order valence-corrected chi connectivity index (χ4v) is 4.85. The number of para-hydroxylation sites is 1. The normalized spacial score (nSPS) is 11.2. The van der Waals surface area contributed by atoms with Crippen LogP contribution in [0.3, 0.4) is 0 Å². The van der Waals surface area contributed by atoms with Gasteiger partial charge in [0.15, 0.2) is 0 Å². The first-order valence-corrected chi connectivity index (χ1v) is 13.7. The molecule has 9 heteroatoms. The van der Waals surface area contributed by atoms with E-state index in [2.05, 4.69) is 10.6 Å². The molecule has 35 heavy (non-hydrogen) atoms. The van der Waals surface area contributed by atoms with Gasteiger partial charge in [-0.3, -0.25) is 13.9 Å². The Balaban J connectivity index is 1.74. The zero-order valence-electron chi connectivity index (χ0n) is 20.1. The van der Waals surface area contributed by atoms with Gasteiger partial charge in [0.05, 0.1) is 21.8 Å². The second-order valence-corrected chi connectivity index (χ2v) is 11.1. The summed E-state index contributed by atoms with van der Waals surface area (Å²) >= 11 is 1.53. The van der Waals surface area contributed by atoms with E-state index in [-0.39, 0.29) is 10.8 Å². The molecule has 0 bridgehead atoms. The molecule has 0 aliphatic heterocycles. The van der Waals surface area contributed by atoms with E-state index >= 15 is 0 Å². The first-order valence-electron chi connectivity index (χ1n) is 11.0. The Bertz CT molecular complexity index is 1290. The molecule has 184 valence electrons. The van der Waals surface area contributed by atoms with Gasteiger partial charge in [-0.25, -0.2) is 8.42 Å². The highest BCUT2D eigenvalue weighted by molar-refractivity contribution is 7.98. The molecule has 0 saturated carbocycles. The van der Waals surface area contributed by atoms with Crippen LogP contribution in [0.25, 0.3) is 0 Å². The molecule has 3 aromatic carbocycles. The first kappa shape index (κ1) is 26.3. The molecule has 2 N–H and O–H groups in total. The molecule has 0 unspecified atom stereocenters. The zero-order valence-corrected chi connectivity index (χ0v) is 21.7. The molecule has 0 fully saturated rings. The molecule has 3 aromatic rings. The van der Waals surface area contributed by atoms with Crippen LogP contribution >= 0.6 is 11.8 Å². The zero-order chi connectivity index (χ0) is 25.6. The number of carbonyl (C=O) groups excluding carboxylic acids is 2. The van der Waals surface area contributed by atoms with Crippen LogP contribution in [0.5, 0.6) is 0 Å². The average Bonchev–Trinajstić information content (AvgIpc) is 2.87. The summed E-state index contributed by atoms with van der Waals surface area (Å²) in [7, 11) is -2.28. The van der Waals surface area contributed by atoms with Crippen molar-refractivity contribution in [3.05, 3.63) is 83.9 Å². The van der Waals surface area contributed by atoms with Crippen LogP contribution in [-0.2, 0) is 10.0 Å². The number of hydrogen-bond acceptors (Lipinski definition) is 5. The van der Waals surface area contributed by atoms with Crippen LogP contribution in [0.2, 0.25) is 0 Å². The fourth-order valence-electron chi connectivity index (χ4n) is 3.24. The van der Waals surface area contributed by atoms with Crippen molar-refractivity contribution >= 4 is 45.0 Å². The predicted octanol–water partition coefficient (Wildman–Crippen LogP) is 4.87. The smallest absolute Gasteiger partial charge is 0.264 e. The highest BCUT2D eigenvalue weighted by Gasteiger charge is 2.22. The SMILES string of the molecule is CSc1ccc(S(=O)(=O)N(C)c2ccc(C(=O)Nc3ccccc3C(=O)NCC(C)C)cc2)cc1. The van der Waals surface area contributed by atoms with Crippen LogP contribution in [0, 0.1) is 5.92 Å². The third-order valence-corrected chi connectivity index (χ3v) is 7.85. The number of hydrogen-bond donors (Lipinski definition) is 2. The Labute approximate surface area is 211 Å². The molecular formula is C26H29N3O4S2. The Morgan fingerprint density at radius 1 is 0.914 bits per heavy atom. The van der Waals surface area contributed by atoms with Gasteiger partial charge in [0.2, 0.25) is 0 Å². The maximum Gasteiger partial charge on any atom is 0.264 e. The van der Waals surface area contributed by atoms with Crippen LogP contribution in [-0.4, -0.2) is 40.1 Å². The van der Waals surface area contributed by atoms with Gasteiger partial charge in [-0.2, -0.15) is 0 Å². The molecule has 0 saturated heterocycles. The lowest BCUT2D eigenvalue weighted by Gasteiger charge is -2.20. The third kappa shape index (κ3) is 6.43. The van der Waals surface area contributed by atoms with Gasteiger partial charge in [-0.05, 0) is 72.8 Å². The number of nitrogens with one attached hydrogen (secondary N) is 2. The third-order valence-electron chi connectivity index (χ3n) is 5.30. The lowest BCUT2D eigenvalue weighted by atomic mass is 10.1. The Morgan fingerprint density at radius 3 is 2.14 bits per heavy atom. The summed E-state index contributed by atoms with van der Waals surface area (Å²) in [6.45, 7) is 4.53. The van der Waals surface area contributed by atoms with E-state index < -0.39 is 15.9 Å². The number of sulfonamides is 1. The van der Waals surface area contributed by atoms with Crippen molar-refractivity contribution in [1.82, 2.24) is 5.32 Å². The molecular weight excluding hydrogens is 482 g/mol. The van der Waals surface area contributed by atoms with E-state index in [9.17, 15) is 18.0 Å². The minimum atomic E-state index is -3.75. The van der Waals surface area contributed by atoms with E-state index in [1.807, 2.05) is 20.1 Å². The van der Waals surface area contributed by atoms with Gasteiger partial charge in [0.25, 0.3) is 21.8 Å². The number of carbonyl (C=O) groups is 2. The lowest BCUT2D eigenvalue weighted by Crippen LogP contribution is -2.28. The fraction of sp³-hybridized carbons (Fsp3) is 0.231. The molecule has 3 rings (SSSR count). The molecule has 7 nitrogen and oxygen atoms in total. The second-order valence-electron chi connectivity index (χ2n) is 8.30. The van der Waals surface area contributed by atoms with Crippen molar-refractivity contribution in [3.8, 4) is 0 Å². The van der Waals surface area contributed by atoms with Gasteiger partial charge < -0.3 is 10.6 Å². The van der Waals surface area contributed by atoms with Gasteiger partial charge in [0.1, 0.15) is 0 Å². The minimum Gasteiger partial charge on any atom is -0.352 e. The Kier molecular flexibility index (Phi) is 8.58. The molecule has 0 heterocycles. The van der Waals surface area contributed by atoms with Gasteiger partial charge in [-0.15, -0.1) is 11.8 Å². The molecule has 0 radical (unpaired) electrons. The number of amides is 2. The Hall–Kier alpha value is -3.30. The first-order chi connectivity index (χ1) is 16.6. The van der Waals surface area contributed by atoms with Crippen molar-refractivity contribution in [2.24, 2.45) is 5.92 Å². The number of rotatable bonds is 9. The van der Waals surface area contributed by atoms with Crippen molar-refractivity contribution in [2.75, 3.05) is 29.5 Å². The summed E-state index contributed by atoms with van der Waals surface area (Å²) in [4.78, 5) is 26.5. The monoisotopic (exact) mass is 511 g/mol. The summed E-state index contributed by atoms with van der Waals surface area (Å²) in [6, 6.07) is 19.7. The average molecular weight is 512 g/mol. The number of benzene rings is 3. The van der Waals surface area contributed by atoms with Crippen molar-refractivity contribution in [2.45, 2.75) is 23.6 Å². The summed E-state index contributed by atoms with van der Waals surface area (Å²) in [5.41, 5.74) is 1.53. The Morgan fingerprint density at radius 2 is 1.54 bits per heavy atom. The number of anilines is 2. The van der Waals surface area contributed by atoms with E-state index in [1.54, 1.807) is 72.8 Å². The van der Waals surface area contributed by atoms with E-state index in [0.717, 1.165) is 4.90 Å². The molecule has 0 aromatic heterocycles. The second kappa shape index (κ2) is 11.4. The number of nitrogens with zero attached hydrogens (tertiary/aromatic N) is 1. The van der Waals surface area contributed by atoms with Gasteiger partial charge in [0, 0.05) is 24.1 Å². The van der Waals surface area contributed by atoms with E-state index in [1.165, 1.54) is 23.1 Å². The van der Waals surface area contributed by atoms with Crippen molar-refractivity contribution < 1.29 is 18.0 Å². The van der Waals surface area contributed by atoms with Crippen LogP contribution in [0.1, 0.15) is 34.6 Å². The van der Waals surface area contributed by atoms with Crippen LogP contribution in [0.15, 0.2) is 82.6 Å². The van der Waals surface area contributed by atoms with E-state index in [0.29, 0.717) is 35.0 Å². The highest BCUT2D eigenvalue weighted by atomic mass is 32.2. The topological polar surface area (TPSA) is 95.6 Å². The lowest BCUT2D eigenvalue weighted by molar-refractivity contribution is 0.0950. The largest absolute Gasteiger partial charge is 0.352 e. The molecule has 0 aliphatic carbocycles. The van der Waals surface area contributed by atoms with Gasteiger partial charge >= 0.3 is 0 Å². The van der Waals surface area contributed by atoms with Crippen molar-refractivity contribution in [3.63, 3.8) is 0 Å². The summed E-state index contributed by atoms with van der Waals surface area (Å²) in [5.74, 6) is -0.364. The summed E-state index contributed by atoms with van der Waals surface area (Å²) in [6.07, 6.45) is 1.92. The standard InChI is InChI=1S/C26H29N3O4S2/c1-18(2)17-27-26(31)23-7-5-6-8-24(23)28-25(30)19-9-11-20(12-10-19)29(3)35(32,33)22-15-13-21(34-4)14-16-22/h5-16,18H,17H2,1-4H3,(H,27,31)(H,28,30). The summed E-state index contributed by atoms with van der Waals surface area (Å²) < 4.78 is 27.2. The molecule has 0 aliphatic rings. The minimum absolute atomic E-state index is 0.187. The maximum atomic E-state index is 13.0. The predicted molar refractivity (Wildman–Crippen MR) is 142 cm³/mol. The van der Waals surface area contributed by atoms with Crippen LogP contribution < -0.4 is 14.9 Å². The number of thioether (sulfide) groups is 1. The summed E-state index contributed by atoms with van der Waals surface area (Å²) in [5, 5.41) is 5.63. The van der Waals surface area contributed by atoms with E-state index in [4.69, 9.17) is 0 Å². The highest BCUT2D eigenvalue weighted by Crippen LogP contribution is 2.25. The quantitative estimate of drug-likeness (QED) is 0.400.